The minimum Gasteiger partial charge on any atom is -0.467 e. The van der Waals surface area contributed by atoms with E-state index in [0.717, 1.165) is 15.8 Å². The first-order chi connectivity index (χ1) is 15.9. The van der Waals surface area contributed by atoms with Gasteiger partial charge in [-0.05, 0) is 56.2 Å². The molecule has 1 saturated heterocycles. The molecule has 0 spiro atoms. The van der Waals surface area contributed by atoms with E-state index in [1.54, 1.807) is 47.6 Å². The highest BCUT2D eigenvalue weighted by Crippen LogP contribution is 2.33. The Labute approximate surface area is 196 Å². The molecule has 1 amide bonds. The number of carbonyl (C=O) groups excluding carboxylic acids is 1. The molecule has 1 atom stereocenters. The summed E-state index contributed by atoms with van der Waals surface area (Å²) in [5.74, 6) is 0.312. The van der Waals surface area contributed by atoms with Crippen molar-refractivity contribution in [2.45, 2.75) is 37.2 Å². The smallest absolute Gasteiger partial charge is 0.247 e. The number of fused-ring (bicyclic) bond motifs is 1. The van der Waals surface area contributed by atoms with E-state index in [0.29, 0.717) is 30.3 Å². The summed E-state index contributed by atoms with van der Waals surface area (Å²) in [6.45, 7) is 2.39. The SMILES string of the molecule is Cc1ccc(S(=O)(=O)N2CCCC2C(=O)N(Cc2ccco2)c2nc3ccccc3s2)cc1. The van der Waals surface area contributed by atoms with Crippen LogP contribution < -0.4 is 4.90 Å². The lowest BCUT2D eigenvalue weighted by Crippen LogP contribution is -2.47. The highest BCUT2D eigenvalue weighted by molar-refractivity contribution is 7.89. The van der Waals surface area contributed by atoms with Crippen LogP contribution in [0.5, 0.6) is 0 Å². The Hall–Kier alpha value is -3.01. The van der Waals surface area contributed by atoms with Crippen molar-refractivity contribution in [3.05, 3.63) is 78.3 Å². The number of aryl methyl sites for hydroxylation is 1. The van der Waals surface area contributed by atoms with Gasteiger partial charge in [0, 0.05) is 6.54 Å². The first-order valence-corrected chi connectivity index (χ1v) is 13.0. The zero-order valence-electron chi connectivity index (χ0n) is 18.0. The number of para-hydroxylation sites is 1. The summed E-state index contributed by atoms with van der Waals surface area (Å²) in [4.78, 5) is 20.2. The average Bonchev–Trinajstić information content (AvgIpc) is 3.57. The molecule has 170 valence electrons. The van der Waals surface area contributed by atoms with Gasteiger partial charge in [0.25, 0.3) is 0 Å². The normalized spacial score (nSPS) is 16.9. The topological polar surface area (TPSA) is 83.7 Å². The summed E-state index contributed by atoms with van der Waals surface area (Å²) in [6.07, 6.45) is 2.64. The Bertz CT molecular complexity index is 1350. The second-order valence-electron chi connectivity index (χ2n) is 8.05. The number of nitrogens with zero attached hydrogens (tertiary/aromatic N) is 3. The van der Waals surface area contributed by atoms with Crippen LogP contribution in [0, 0.1) is 6.92 Å². The molecule has 5 rings (SSSR count). The number of thiazole rings is 1. The van der Waals surface area contributed by atoms with E-state index in [1.165, 1.54) is 15.6 Å². The van der Waals surface area contributed by atoms with Gasteiger partial charge in [-0.25, -0.2) is 13.4 Å². The van der Waals surface area contributed by atoms with Crippen molar-refractivity contribution in [1.82, 2.24) is 9.29 Å². The van der Waals surface area contributed by atoms with E-state index in [-0.39, 0.29) is 17.3 Å². The second-order valence-corrected chi connectivity index (χ2v) is 11.0. The quantitative estimate of drug-likeness (QED) is 0.402. The molecule has 1 aliphatic rings. The maximum Gasteiger partial charge on any atom is 0.247 e. The van der Waals surface area contributed by atoms with E-state index in [2.05, 4.69) is 4.98 Å². The van der Waals surface area contributed by atoms with Crippen molar-refractivity contribution in [3.63, 3.8) is 0 Å². The average molecular weight is 482 g/mol. The zero-order valence-corrected chi connectivity index (χ0v) is 19.7. The Kier molecular flexibility index (Phi) is 5.77. The van der Waals surface area contributed by atoms with Crippen LogP contribution >= 0.6 is 11.3 Å². The van der Waals surface area contributed by atoms with Crippen molar-refractivity contribution in [3.8, 4) is 0 Å². The third-order valence-electron chi connectivity index (χ3n) is 5.79. The van der Waals surface area contributed by atoms with Gasteiger partial charge in [-0.2, -0.15) is 4.31 Å². The fraction of sp³-hybridized carbons (Fsp3) is 0.250. The van der Waals surface area contributed by atoms with Crippen LogP contribution in [-0.4, -0.2) is 36.2 Å². The van der Waals surface area contributed by atoms with Crippen LogP contribution in [0.4, 0.5) is 5.13 Å². The largest absolute Gasteiger partial charge is 0.467 e. The summed E-state index contributed by atoms with van der Waals surface area (Å²) >= 11 is 1.41. The van der Waals surface area contributed by atoms with E-state index in [1.807, 2.05) is 31.2 Å². The minimum atomic E-state index is -3.81. The number of anilines is 1. The number of carbonyl (C=O) groups is 1. The Balaban J connectivity index is 1.50. The molecule has 7 nitrogen and oxygen atoms in total. The molecular formula is C24H23N3O4S2. The maximum atomic E-state index is 13.8. The highest BCUT2D eigenvalue weighted by atomic mass is 32.2. The predicted molar refractivity (Wildman–Crippen MR) is 128 cm³/mol. The molecule has 0 N–H and O–H groups in total. The Morgan fingerprint density at radius 1 is 1.15 bits per heavy atom. The monoisotopic (exact) mass is 481 g/mol. The number of benzene rings is 2. The van der Waals surface area contributed by atoms with Gasteiger partial charge >= 0.3 is 0 Å². The molecule has 2 aromatic carbocycles. The summed E-state index contributed by atoms with van der Waals surface area (Å²) in [6, 6.07) is 17.2. The number of aromatic nitrogens is 1. The number of amides is 1. The number of hydrogen-bond acceptors (Lipinski definition) is 6. The van der Waals surface area contributed by atoms with E-state index < -0.39 is 16.1 Å². The molecule has 1 fully saturated rings. The van der Waals surface area contributed by atoms with Gasteiger partial charge in [0.05, 0.1) is 27.9 Å². The van der Waals surface area contributed by atoms with Crippen molar-refractivity contribution in [2.75, 3.05) is 11.4 Å². The molecule has 4 aromatic rings. The molecule has 0 aliphatic carbocycles. The van der Waals surface area contributed by atoms with Crippen LogP contribution in [0.15, 0.2) is 76.2 Å². The lowest BCUT2D eigenvalue weighted by atomic mass is 10.2. The van der Waals surface area contributed by atoms with Gasteiger partial charge in [-0.3, -0.25) is 9.69 Å². The molecule has 9 heteroatoms. The lowest BCUT2D eigenvalue weighted by molar-refractivity contribution is -0.121. The van der Waals surface area contributed by atoms with Crippen LogP contribution in [0.2, 0.25) is 0 Å². The van der Waals surface area contributed by atoms with Gasteiger partial charge in [0.2, 0.25) is 15.9 Å². The van der Waals surface area contributed by atoms with Gasteiger partial charge in [-0.1, -0.05) is 41.2 Å². The molecule has 1 unspecified atom stereocenters. The van der Waals surface area contributed by atoms with Crippen molar-refractivity contribution >= 4 is 42.6 Å². The molecule has 0 bridgehead atoms. The Morgan fingerprint density at radius 3 is 2.67 bits per heavy atom. The van der Waals surface area contributed by atoms with Crippen molar-refractivity contribution < 1.29 is 17.6 Å². The van der Waals surface area contributed by atoms with Gasteiger partial charge in [0.15, 0.2) is 5.13 Å². The molecule has 33 heavy (non-hydrogen) atoms. The van der Waals surface area contributed by atoms with Crippen LogP contribution in [0.1, 0.15) is 24.2 Å². The first-order valence-electron chi connectivity index (χ1n) is 10.7. The van der Waals surface area contributed by atoms with Crippen LogP contribution in [0.3, 0.4) is 0 Å². The molecular weight excluding hydrogens is 458 g/mol. The summed E-state index contributed by atoms with van der Waals surface area (Å²) in [5, 5.41) is 0.525. The van der Waals surface area contributed by atoms with Gasteiger partial charge in [-0.15, -0.1) is 0 Å². The fourth-order valence-electron chi connectivity index (χ4n) is 4.07. The fourth-order valence-corrected chi connectivity index (χ4v) is 6.69. The van der Waals surface area contributed by atoms with Crippen molar-refractivity contribution in [1.29, 1.82) is 0 Å². The van der Waals surface area contributed by atoms with E-state index >= 15 is 0 Å². The third-order valence-corrected chi connectivity index (χ3v) is 8.77. The van der Waals surface area contributed by atoms with Crippen LogP contribution in [-0.2, 0) is 21.4 Å². The van der Waals surface area contributed by atoms with E-state index in [9.17, 15) is 13.2 Å². The summed E-state index contributed by atoms with van der Waals surface area (Å²) < 4.78 is 34.6. The number of furan rings is 1. The van der Waals surface area contributed by atoms with Crippen LogP contribution in [0.25, 0.3) is 10.2 Å². The van der Waals surface area contributed by atoms with Crippen molar-refractivity contribution in [2.24, 2.45) is 0 Å². The third kappa shape index (κ3) is 4.19. The maximum absolute atomic E-state index is 13.8. The number of rotatable bonds is 6. The van der Waals surface area contributed by atoms with Gasteiger partial charge in [0.1, 0.15) is 11.8 Å². The summed E-state index contributed by atoms with van der Waals surface area (Å²) in [7, 11) is -3.81. The minimum absolute atomic E-state index is 0.181. The molecule has 3 heterocycles. The first kappa shape index (κ1) is 21.8. The van der Waals surface area contributed by atoms with E-state index in [4.69, 9.17) is 4.42 Å². The predicted octanol–water partition coefficient (Wildman–Crippen LogP) is 4.58. The Morgan fingerprint density at radius 2 is 1.94 bits per heavy atom. The lowest BCUT2D eigenvalue weighted by Gasteiger charge is -2.28. The second kappa shape index (κ2) is 8.74. The standard InChI is InChI=1S/C24H23N3O4S2/c1-17-10-12-19(13-11-17)33(29,30)27-14-4-8-21(27)23(28)26(16-18-6-5-15-31-18)24-25-20-7-2-3-9-22(20)32-24/h2-3,5-7,9-13,15,21H,4,8,14,16H2,1H3. The molecule has 1 aliphatic heterocycles. The highest BCUT2D eigenvalue weighted by Gasteiger charge is 2.42. The van der Waals surface area contributed by atoms with Gasteiger partial charge < -0.3 is 4.42 Å². The number of hydrogen-bond donors (Lipinski definition) is 0. The number of sulfonamides is 1. The molecule has 0 radical (unpaired) electrons. The molecule has 2 aromatic heterocycles. The zero-order chi connectivity index (χ0) is 23.0. The summed E-state index contributed by atoms with van der Waals surface area (Å²) in [5.41, 5.74) is 1.77. The molecule has 0 saturated carbocycles.